The molecule has 3 nitrogen and oxygen atoms in total. The third-order valence-electron chi connectivity index (χ3n) is 6.22. The summed E-state index contributed by atoms with van der Waals surface area (Å²) >= 11 is 0. The van der Waals surface area contributed by atoms with Gasteiger partial charge in [0.25, 0.3) is 0 Å². The van der Waals surface area contributed by atoms with Crippen LogP contribution < -0.4 is 0 Å². The molecule has 2 atom stereocenters. The average molecular weight is 387 g/mol. The molecule has 1 aliphatic rings. The summed E-state index contributed by atoms with van der Waals surface area (Å²) in [5.41, 5.74) is 2.75. The van der Waals surface area contributed by atoms with E-state index in [-0.39, 0.29) is 12.3 Å². The molecule has 3 heteroatoms. The van der Waals surface area contributed by atoms with E-state index in [9.17, 15) is 9.59 Å². The van der Waals surface area contributed by atoms with Gasteiger partial charge < -0.3 is 5.11 Å². The molecule has 0 amide bonds. The fourth-order valence-corrected chi connectivity index (χ4v) is 4.55. The van der Waals surface area contributed by atoms with Crippen LogP contribution in [0.5, 0.6) is 0 Å². The van der Waals surface area contributed by atoms with Crippen molar-refractivity contribution in [2.45, 2.75) is 103 Å². The lowest BCUT2D eigenvalue weighted by Gasteiger charge is -2.31. The fraction of sp³-hybridized carbons (Fsp3) is 0.680. The zero-order chi connectivity index (χ0) is 20.2. The molecule has 1 aliphatic carbocycles. The molecule has 156 valence electrons. The average Bonchev–Trinajstić information content (AvgIpc) is 2.69. The first-order chi connectivity index (χ1) is 13.6. The first-order valence-corrected chi connectivity index (χ1v) is 11.4. The van der Waals surface area contributed by atoms with Crippen molar-refractivity contribution in [3.05, 3.63) is 35.4 Å². The van der Waals surface area contributed by atoms with Gasteiger partial charge in [-0.3, -0.25) is 9.59 Å². The van der Waals surface area contributed by atoms with E-state index < -0.39 is 5.97 Å². The van der Waals surface area contributed by atoms with E-state index in [0.29, 0.717) is 11.7 Å². The van der Waals surface area contributed by atoms with Crippen LogP contribution in [-0.2, 0) is 16.0 Å². The highest BCUT2D eigenvalue weighted by Crippen LogP contribution is 2.38. The van der Waals surface area contributed by atoms with Crippen molar-refractivity contribution in [1.82, 2.24) is 0 Å². The van der Waals surface area contributed by atoms with E-state index in [1.807, 2.05) is 0 Å². The number of carbonyl (C=O) groups excluding carboxylic acids is 1. The number of hydrogen-bond acceptors (Lipinski definition) is 2. The molecule has 0 saturated heterocycles. The Morgan fingerprint density at radius 1 is 1.00 bits per heavy atom. The van der Waals surface area contributed by atoms with E-state index >= 15 is 0 Å². The van der Waals surface area contributed by atoms with Crippen molar-refractivity contribution in [2.24, 2.45) is 5.92 Å². The van der Waals surface area contributed by atoms with Crippen molar-refractivity contribution in [2.75, 3.05) is 0 Å². The minimum Gasteiger partial charge on any atom is -0.481 e. The molecule has 1 aromatic rings. The van der Waals surface area contributed by atoms with E-state index in [4.69, 9.17) is 5.11 Å². The Bertz CT molecular complexity index is 590. The number of ketones is 1. The monoisotopic (exact) mass is 386 g/mol. The van der Waals surface area contributed by atoms with Crippen LogP contribution in [0.2, 0.25) is 0 Å². The standard InChI is InChI=1S/C25H38O3/c1-2-3-4-7-11-20-16-18-21(19-17-20)22-13-10-14-24(26)23(22)12-8-5-6-9-15-25(27)28/h16-19,22-23H,2-15H2,1H3,(H,27,28)/t22?,23-/m1/s1. The van der Waals surface area contributed by atoms with Gasteiger partial charge in [-0.15, -0.1) is 0 Å². The zero-order valence-corrected chi connectivity index (χ0v) is 17.6. The Morgan fingerprint density at radius 2 is 1.71 bits per heavy atom. The molecule has 0 aliphatic heterocycles. The number of Topliss-reactive ketones (excluding diaryl/α,β-unsaturated/α-hetero) is 1. The normalized spacial score (nSPS) is 19.7. The van der Waals surface area contributed by atoms with Gasteiger partial charge in [-0.1, -0.05) is 69.7 Å². The number of rotatable bonds is 13. The highest BCUT2D eigenvalue weighted by atomic mass is 16.4. The van der Waals surface area contributed by atoms with Crippen LogP contribution in [0.15, 0.2) is 24.3 Å². The molecule has 28 heavy (non-hydrogen) atoms. The maximum atomic E-state index is 12.6. The summed E-state index contributed by atoms with van der Waals surface area (Å²) in [7, 11) is 0. The number of benzene rings is 1. The molecule has 0 radical (unpaired) electrons. The number of carbonyl (C=O) groups is 2. The Labute approximate surface area is 170 Å². The zero-order valence-electron chi connectivity index (χ0n) is 17.6. The molecule has 1 fully saturated rings. The highest BCUT2D eigenvalue weighted by Gasteiger charge is 2.32. The van der Waals surface area contributed by atoms with E-state index in [2.05, 4.69) is 31.2 Å². The third-order valence-corrected chi connectivity index (χ3v) is 6.22. The number of carboxylic acids is 1. The van der Waals surface area contributed by atoms with Gasteiger partial charge in [0.05, 0.1) is 0 Å². The Hall–Kier alpha value is -1.64. The Balaban J connectivity index is 1.84. The molecule has 1 aromatic carbocycles. The molecule has 0 heterocycles. The number of carboxylic acid groups (broad SMARTS) is 1. The summed E-state index contributed by atoms with van der Waals surface area (Å²) < 4.78 is 0. The van der Waals surface area contributed by atoms with Gasteiger partial charge >= 0.3 is 5.97 Å². The first kappa shape index (κ1) is 22.6. The van der Waals surface area contributed by atoms with Crippen molar-refractivity contribution in [3.63, 3.8) is 0 Å². The molecular formula is C25H38O3. The predicted octanol–water partition coefficient (Wildman–Crippen LogP) is 6.69. The lowest BCUT2D eigenvalue weighted by Crippen LogP contribution is -2.27. The summed E-state index contributed by atoms with van der Waals surface area (Å²) in [6, 6.07) is 9.06. The number of hydrogen-bond donors (Lipinski definition) is 1. The number of aryl methyl sites for hydroxylation is 1. The Morgan fingerprint density at radius 3 is 2.43 bits per heavy atom. The second-order valence-corrected chi connectivity index (χ2v) is 8.47. The van der Waals surface area contributed by atoms with Crippen LogP contribution >= 0.6 is 0 Å². The number of aliphatic carboxylic acids is 1. The Kier molecular flexibility index (Phi) is 10.3. The van der Waals surface area contributed by atoms with Crippen LogP contribution in [0.3, 0.4) is 0 Å². The second kappa shape index (κ2) is 12.7. The van der Waals surface area contributed by atoms with E-state index in [0.717, 1.165) is 57.8 Å². The van der Waals surface area contributed by atoms with Crippen LogP contribution in [-0.4, -0.2) is 16.9 Å². The summed E-state index contributed by atoms with van der Waals surface area (Å²) in [6.45, 7) is 2.24. The van der Waals surface area contributed by atoms with Crippen LogP contribution in [0.4, 0.5) is 0 Å². The van der Waals surface area contributed by atoms with Gasteiger partial charge in [0.1, 0.15) is 5.78 Å². The fourth-order valence-electron chi connectivity index (χ4n) is 4.55. The molecule has 0 bridgehead atoms. The topological polar surface area (TPSA) is 54.4 Å². The van der Waals surface area contributed by atoms with Crippen molar-refractivity contribution < 1.29 is 14.7 Å². The van der Waals surface area contributed by atoms with Crippen molar-refractivity contribution in [1.29, 1.82) is 0 Å². The lowest BCUT2D eigenvalue weighted by atomic mass is 9.72. The van der Waals surface area contributed by atoms with Crippen LogP contribution in [0, 0.1) is 5.92 Å². The maximum absolute atomic E-state index is 12.6. The molecule has 1 N–H and O–H groups in total. The molecule has 2 rings (SSSR count). The minimum absolute atomic E-state index is 0.156. The maximum Gasteiger partial charge on any atom is 0.303 e. The molecule has 1 saturated carbocycles. The van der Waals surface area contributed by atoms with Gasteiger partial charge in [-0.25, -0.2) is 0 Å². The highest BCUT2D eigenvalue weighted by molar-refractivity contribution is 5.82. The lowest BCUT2D eigenvalue weighted by molar-refractivity contribution is -0.137. The van der Waals surface area contributed by atoms with E-state index in [1.54, 1.807) is 0 Å². The van der Waals surface area contributed by atoms with E-state index in [1.165, 1.54) is 36.8 Å². The molecule has 1 unspecified atom stereocenters. The summed E-state index contributed by atoms with van der Waals surface area (Å²) in [6.07, 6.45) is 14.1. The SMILES string of the molecule is CCCCCCc1ccc(C2CCCC(=O)[C@@H]2CCCCCCC(=O)O)cc1. The number of unbranched alkanes of at least 4 members (excludes halogenated alkanes) is 6. The molecular weight excluding hydrogens is 348 g/mol. The van der Waals surface area contributed by atoms with Crippen LogP contribution in [0.25, 0.3) is 0 Å². The minimum atomic E-state index is -0.712. The van der Waals surface area contributed by atoms with Gasteiger partial charge in [-0.2, -0.15) is 0 Å². The quantitative estimate of drug-likeness (QED) is 0.384. The second-order valence-electron chi connectivity index (χ2n) is 8.47. The third kappa shape index (κ3) is 7.77. The summed E-state index contributed by atoms with van der Waals surface area (Å²) in [5, 5.41) is 8.72. The van der Waals surface area contributed by atoms with Crippen molar-refractivity contribution in [3.8, 4) is 0 Å². The smallest absolute Gasteiger partial charge is 0.303 e. The molecule has 0 spiro atoms. The van der Waals surface area contributed by atoms with Gasteiger partial charge in [-0.05, 0) is 55.6 Å². The first-order valence-electron chi connectivity index (χ1n) is 11.4. The largest absolute Gasteiger partial charge is 0.481 e. The molecule has 0 aromatic heterocycles. The van der Waals surface area contributed by atoms with Crippen molar-refractivity contribution >= 4 is 11.8 Å². The van der Waals surface area contributed by atoms with Gasteiger partial charge in [0, 0.05) is 18.8 Å². The summed E-state index contributed by atoms with van der Waals surface area (Å²) in [5.74, 6) is 0.250. The van der Waals surface area contributed by atoms with Gasteiger partial charge in [0.15, 0.2) is 0 Å². The van der Waals surface area contributed by atoms with Gasteiger partial charge in [0.2, 0.25) is 0 Å². The predicted molar refractivity (Wildman–Crippen MR) is 115 cm³/mol. The van der Waals surface area contributed by atoms with Crippen LogP contribution in [0.1, 0.15) is 107 Å². The summed E-state index contributed by atoms with van der Waals surface area (Å²) in [4.78, 5) is 23.2.